The summed E-state index contributed by atoms with van der Waals surface area (Å²) in [6.07, 6.45) is 2.28. The van der Waals surface area contributed by atoms with Crippen molar-refractivity contribution in [2.75, 3.05) is 33.2 Å². The molecule has 0 aromatic carbocycles. The lowest BCUT2D eigenvalue weighted by Gasteiger charge is -2.38. The minimum absolute atomic E-state index is 0.435. The summed E-state index contributed by atoms with van der Waals surface area (Å²) in [7, 11) is 2.03. The van der Waals surface area contributed by atoms with Gasteiger partial charge in [0, 0.05) is 12.6 Å². The summed E-state index contributed by atoms with van der Waals surface area (Å²) in [4.78, 5) is 15.8. The Kier molecular flexibility index (Phi) is 4.91. The molecule has 0 aliphatic carbocycles. The molecule has 0 saturated carbocycles. The van der Waals surface area contributed by atoms with Crippen molar-refractivity contribution in [2.24, 2.45) is 11.5 Å². The fourth-order valence-electron chi connectivity index (χ4n) is 2.40. The van der Waals surface area contributed by atoms with Crippen molar-refractivity contribution >= 4 is 5.91 Å². The minimum atomic E-state index is -0.934. The maximum Gasteiger partial charge on any atom is 0.238 e. The third-order valence-corrected chi connectivity index (χ3v) is 3.77. The molecule has 1 aliphatic rings. The Morgan fingerprint density at radius 1 is 1.47 bits per heavy atom. The highest BCUT2D eigenvalue weighted by atomic mass is 16.1. The molecule has 1 aliphatic heterocycles. The highest BCUT2D eigenvalue weighted by molar-refractivity contribution is 5.84. The standard InChI is InChI=1S/C12H26N4O/c1-4-16-7-5-10(6-8-16)15(3)9-12(2,14)11(13)17/h10H,4-9,14H2,1-3H3,(H2,13,17). The molecule has 0 radical (unpaired) electrons. The first-order chi connectivity index (χ1) is 7.86. The lowest BCUT2D eigenvalue weighted by atomic mass is 9.98. The summed E-state index contributed by atoms with van der Waals surface area (Å²) >= 11 is 0. The Hall–Kier alpha value is -0.650. The molecule has 1 unspecified atom stereocenters. The number of likely N-dealkylation sites (N-methyl/N-ethyl adjacent to an activating group) is 1. The topological polar surface area (TPSA) is 75.6 Å². The summed E-state index contributed by atoms with van der Waals surface area (Å²) < 4.78 is 0. The molecule has 100 valence electrons. The van der Waals surface area contributed by atoms with E-state index in [1.165, 1.54) is 0 Å². The summed E-state index contributed by atoms with van der Waals surface area (Å²) in [5.74, 6) is -0.435. The van der Waals surface area contributed by atoms with Crippen LogP contribution in [0.2, 0.25) is 0 Å². The highest BCUT2D eigenvalue weighted by Crippen LogP contribution is 2.16. The first-order valence-electron chi connectivity index (χ1n) is 6.38. The Labute approximate surface area is 104 Å². The van der Waals surface area contributed by atoms with Crippen LogP contribution in [-0.2, 0) is 4.79 Å². The fourth-order valence-corrected chi connectivity index (χ4v) is 2.40. The zero-order valence-electron chi connectivity index (χ0n) is 11.3. The monoisotopic (exact) mass is 242 g/mol. The number of primary amides is 1. The van der Waals surface area contributed by atoms with Crippen LogP contribution < -0.4 is 11.5 Å². The third kappa shape index (κ3) is 3.94. The number of likely N-dealkylation sites (tertiary alicyclic amines) is 1. The lowest BCUT2D eigenvalue weighted by molar-refractivity contribution is -0.123. The summed E-state index contributed by atoms with van der Waals surface area (Å²) in [6.45, 7) is 7.79. The van der Waals surface area contributed by atoms with Gasteiger partial charge in [-0.1, -0.05) is 6.92 Å². The predicted octanol–water partition coefficient (Wildman–Crippen LogP) is -0.395. The van der Waals surface area contributed by atoms with Gasteiger partial charge < -0.3 is 21.3 Å². The second-order valence-corrected chi connectivity index (χ2v) is 5.36. The maximum atomic E-state index is 11.2. The molecule has 5 heteroatoms. The van der Waals surface area contributed by atoms with E-state index < -0.39 is 11.4 Å². The van der Waals surface area contributed by atoms with Gasteiger partial charge in [-0.15, -0.1) is 0 Å². The molecule has 17 heavy (non-hydrogen) atoms. The van der Waals surface area contributed by atoms with E-state index in [9.17, 15) is 4.79 Å². The Balaban J connectivity index is 2.44. The first-order valence-corrected chi connectivity index (χ1v) is 6.38. The van der Waals surface area contributed by atoms with Crippen LogP contribution in [0.4, 0.5) is 0 Å². The van der Waals surface area contributed by atoms with Gasteiger partial charge in [-0.3, -0.25) is 4.79 Å². The van der Waals surface area contributed by atoms with Gasteiger partial charge in [-0.2, -0.15) is 0 Å². The third-order valence-electron chi connectivity index (χ3n) is 3.77. The van der Waals surface area contributed by atoms with Crippen LogP contribution in [0, 0.1) is 0 Å². The smallest absolute Gasteiger partial charge is 0.238 e. The largest absolute Gasteiger partial charge is 0.368 e. The van der Waals surface area contributed by atoms with Gasteiger partial charge in [-0.05, 0) is 46.4 Å². The number of carbonyl (C=O) groups is 1. The molecule has 0 spiro atoms. The Bertz CT molecular complexity index is 259. The van der Waals surface area contributed by atoms with Crippen LogP contribution >= 0.6 is 0 Å². The fraction of sp³-hybridized carbons (Fsp3) is 0.917. The second-order valence-electron chi connectivity index (χ2n) is 5.36. The van der Waals surface area contributed by atoms with Crippen LogP contribution in [0.15, 0.2) is 0 Å². The van der Waals surface area contributed by atoms with Gasteiger partial charge >= 0.3 is 0 Å². The van der Waals surface area contributed by atoms with E-state index in [4.69, 9.17) is 11.5 Å². The molecule has 0 aromatic rings. The zero-order valence-corrected chi connectivity index (χ0v) is 11.3. The van der Waals surface area contributed by atoms with Crippen LogP contribution in [-0.4, -0.2) is 60.5 Å². The van der Waals surface area contributed by atoms with Gasteiger partial charge in [0.1, 0.15) is 5.54 Å². The van der Waals surface area contributed by atoms with Crippen LogP contribution in [0.5, 0.6) is 0 Å². The van der Waals surface area contributed by atoms with Crippen molar-refractivity contribution in [2.45, 2.75) is 38.3 Å². The average molecular weight is 242 g/mol. The van der Waals surface area contributed by atoms with Gasteiger partial charge in [0.15, 0.2) is 0 Å². The van der Waals surface area contributed by atoms with Gasteiger partial charge in [0.25, 0.3) is 0 Å². The summed E-state index contributed by atoms with van der Waals surface area (Å²) in [5.41, 5.74) is 10.3. The minimum Gasteiger partial charge on any atom is -0.368 e. The number of carbonyl (C=O) groups excluding carboxylic acids is 1. The molecule has 4 N–H and O–H groups in total. The van der Waals surface area contributed by atoms with E-state index in [1.807, 2.05) is 7.05 Å². The molecule has 1 saturated heterocycles. The normalized spacial score (nSPS) is 22.6. The van der Waals surface area contributed by atoms with E-state index in [0.29, 0.717) is 12.6 Å². The number of hydrogen-bond acceptors (Lipinski definition) is 4. The number of rotatable bonds is 5. The van der Waals surface area contributed by atoms with E-state index >= 15 is 0 Å². The van der Waals surface area contributed by atoms with Crippen LogP contribution in [0.1, 0.15) is 26.7 Å². The quantitative estimate of drug-likeness (QED) is 0.688. The van der Waals surface area contributed by atoms with Crippen molar-refractivity contribution in [3.8, 4) is 0 Å². The molecule has 1 heterocycles. The number of piperidine rings is 1. The molecular weight excluding hydrogens is 216 g/mol. The molecule has 0 bridgehead atoms. The number of amides is 1. The maximum absolute atomic E-state index is 11.2. The van der Waals surface area contributed by atoms with Crippen molar-refractivity contribution in [1.29, 1.82) is 0 Å². The van der Waals surface area contributed by atoms with Gasteiger partial charge in [-0.25, -0.2) is 0 Å². The van der Waals surface area contributed by atoms with Gasteiger partial charge in [0.2, 0.25) is 5.91 Å². The summed E-state index contributed by atoms with van der Waals surface area (Å²) in [6, 6.07) is 0.514. The number of hydrogen-bond donors (Lipinski definition) is 2. The predicted molar refractivity (Wildman–Crippen MR) is 69.6 cm³/mol. The highest BCUT2D eigenvalue weighted by Gasteiger charge is 2.31. The Morgan fingerprint density at radius 2 is 2.00 bits per heavy atom. The molecule has 1 amide bonds. The van der Waals surface area contributed by atoms with Crippen molar-refractivity contribution in [3.63, 3.8) is 0 Å². The van der Waals surface area contributed by atoms with E-state index in [1.54, 1.807) is 6.92 Å². The SMILES string of the molecule is CCN1CCC(N(C)CC(C)(N)C(N)=O)CC1. The Morgan fingerprint density at radius 3 is 2.41 bits per heavy atom. The zero-order chi connectivity index (χ0) is 13.1. The van der Waals surface area contributed by atoms with E-state index in [0.717, 1.165) is 32.5 Å². The molecule has 1 atom stereocenters. The van der Waals surface area contributed by atoms with Gasteiger partial charge in [0.05, 0.1) is 0 Å². The van der Waals surface area contributed by atoms with Crippen LogP contribution in [0.25, 0.3) is 0 Å². The van der Waals surface area contributed by atoms with Crippen molar-refractivity contribution in [3.05, 3.63) is 0 Å². The molecule has 1 rings (SSSR count). The number of nitrogens with two attached hydrogens (primary N) is 2. The molecule has 1 fully saturated rings. The number of nitrogens with zero attached hydrogens (tertiary/aromatic N) is 2. The van der Waals surface area contributed by atoms with Crippen molar-refractivity contribution < 1.29 is 4.79 Å². The lowest BCUT2D eigenvalue weighted by Crippen LogP contribution is -2.58. The molecular formula is C12H26N4O. The van der Waals surface area contributed by atoms with E-state index in [-0.39, 0.29) is 0 Å². The van der Waals surface area contributed by atoms with E-state index in [2.05, 4.69) is 16.7 Å². The molecule has 0 aromatic heterocycles. The first kappa shape index (κ1) is 14.4. The molecule has 5 nitrogen and oxygen atoms in total. The van der Waals surface area contributed by atoms with Crippen molar-refractivity contribution in [1.82, 2.24) is 9.80 Å². The average Bonchev–Trinajstić information content (AvgIpc) is 2.28. The van der Waals surface area contributed by atoms with Crippen LogP contribution in [0.3, 0.4) is 0 Å². The summed E-state index contributed by atoms with van der Waals surface area (Å²) in [5, 5.41) is 0. The second kappa shape index (κ2) is 5.80.